The molecule has 0 saturated heterocycles. The van der Waals surface area contributed by atoms with E-state index in [9.17, 15) is 0 Å². The van der Waals surface area contributed by atoms with Gasteiger partial charge in [0.15, 0.2) is 4.77 Å². The molecule has 0 saturated carbocycles. The number of nitrogens with zero attached hydrogens (tertiary/aromatic N) is 4. The van der Waals surface area contributed by atoms with Crippen LogP contribution in [-0.4, -0.2) is 24.5 Å². The molecule has 2 aromatic heterocycles. The molecule has 0 atom stereocenters. The number of nitrogens with one attached hydrogen (secondary N) is 1. The Labute approximate surface area is 109 Å². The van der Waals surface area contributed by atoms with Crippen LogP contribution in [0.15, 0.2) is 36.7 Å². The molecule has 0 unspecified atom stereocenters. The number of para-hydroxylation sites is 2. The Balaban J connectivity index is 1.78. The lowest BCUT2D eigenvalue weighted by Gasteiger charge is -2.04. The zero-order valence-electron chi connectivity index (χ0n) is 9.78. The standard InChI is InChI=1S/C12H13N5S/c18-12-14-10-4-1-2-5-11(10)17(12)8-3-7-16-9-6-13-15-16/h1-2,4-6,9H,3,7-8H2,(H,14,18). The van der Waals surface area contributed by atoms with Crippen molar-refractivity contribution >= 4 is 23.3 Å². The maximum absolute atomic E-state index is 5.34. The summed E-state index contributed by atoms with van der Waals surface area (Å²) in [6.45, 7) is 1.73. The van der Waals surface area contributed by atoms with Gasteiger partial charge in [0.25, 0.3) is 0 Å². The first kappa shape index (κ1) is 11.2. The van der Waals surface area contributed by atoms with Gasteiger partial charge in [0, 0.05) is 19.3 Å². The minimum atomic E-state index is 0.773. The number of benzene rings is 1. The molecule has 1 aromatic carbocycles. The molecule has 0 bridgehead atoms. The maximum Gasteiger partial charge on any atom is 0.178 e. The summed E-state index contributed by atoms with van der Waals surface area (Å²) in [6.07, 6.45) is 4.53. The minimum absolute atomic E-state index is 0.773. The highest BCUT2D eigenvalue weighted by atomic mass is 32.1. The molecule has 1 N–H and O–H groups in total. The maximum atomic E-state index is 5.34. The van der Waals surface area contributed by atoms with E-state index in [2.05, 4.69) is 25.9 Å². The van der Waals surface area contributed by atoms with E-state index in [4.69, 9.17) is 12.2 Å². The number of rotatable bonds is 4. The predicted octanol–water partition coefficient (Wildman–Crippen LogP) is 2.38. The fourth-order valence-electron chi connectivity index (χ4n) is 2.07. The van der Waals surface area contributed by atoms with Gasteiger partial charge in [-0.1, -0.05) is 17.3 Å². The van der Waals surface area contributed by atoms with Crippen molar-refractivity contribution in [3.05, 3.63) is 41.4 Å². The van der Waals surface area contributed by atoms with E-state index < -0.39 is 0 Å². The Morgan fingerprint density at radius 3 is 2.94 bits per heavy atom. The normalized spacial score (nSPS) is 11.1. The van der Waals surface area contributed by atoms with Crippen LogP contribution in [0.25, 0.3) is 11.0 Å². The Kier molecular flexibility index (Phi) is 2.93. The smallest absolute Gasteiger partial charge is 0.178 e. The lowest BCUT2D eigenvalue weighted by molar-refractivity contribution is 0.517. The molecule has 92 valence electrons. The van der Waals surface area contributed by atoms with E-state index in [-0.39, 0.29) is 0 Å². The van der Waals surface area contributed by atoms with Gasteiger partial charge in [0.1, 0.15) is 0 Å². The number of fused-ring (bicyclic) bond motifs is 1. The van der Waals surface area contributed by atoms with E-state index in [1.165, 1.54) is 0 Å². The highest BCUT2D eigenvalue weighted by molar-refractivity contribution is 7.71. The van der Waals surface area contributed by atoms with Crippen molar-refractivity contribution in [2.75, 3.05) is 0 Å². The van der Waals surface area contributed by atoms with Crippen molar-refractivity contribution in [2.24, 2.45) is 0 Å². The second-order valence-electron chi connectivity index (χ2n) is 4.12. The molecule has 3 aromatic rings. The number of H-pyrrole nitrogens is 1. The number of aromatic nitrogens is 5. The molecular weight excluding hydrogens is 246 g/mol. The van der Waals surface area contributed by atoms with E-state index in [1.807, 2.05) is 29.1 Å². The Bertz CT molecular complexity index is 695. The number of hydrogen-bond donors (Lipinski definition) is 1. The number of hydrogen-bond acceptors (Lipinski definition) is 3. The van der Waals surface area contributed by atoms with Crippen LogP contribution in [0.5, 0.6) is 0 Å². The molecule has 2 heterocycles. The zero-order valence-corrected chi connectivity index (χ0v) is 10.6. The third-order valence-corrected chi connectivity index (χ3v) is 3.24. The third kappa shape index (κ3) is 2.06. The first-order chi connectivity index (χ1) is 8.84. The van der Waals surface area contributed by atoms with E-state index in [0.29, 0.717) is 0 Å². The second-order valence-corrected chi connectivity index (χ2v) is 4.51. The van der Waals surface area contributed by atoms with Gasteiger partial charge in [0.05, 0.1) is 17.2 Å². The predicted molar refractivity (Wildman–Crippen MR) is 71.8 cm³/mol. The molecule has 0 spiro atoms. The third-order valence-electron chi connectivity index (χ3n) is 2.92. The van der Waals surface area contributed by atoms with Crippen LogP contribution in [0.3, 0.4) is 0 Å². The van der Waals surface area contributed by atoms with Crippen LogP contribution in [0.2, 0.25) is 0 Å². The monoisotopic (exact) mass is 259 g/mol. The lowest BCUT2D eigenvalue weighted by Crippen LogP contribution is -2.04. The summed E-state index contributed by atoms with van der Waals surface area (Å²) in [5.74, 6) is 0. The van der Waals surface area contributed by atoms with Crippen molar-refractivity contribution in [3.8, 4) is 0 Å². The molecule has 0 radical (unpaired) electrons. The molecule has 0 aliphatic heterocycles. The summed E-state index contributed by atoms with van der Waals surface area (Å²) in [5, 5.41) is 7.73. The summed E-state index contributed by atoms with van der Waals surface area (Å²) < 4.78 is 4.73. The van der Waals surface area contributed by atoms with Gasteiger partial charge in [-0.15, -0.1) is 5.10 Å². The van der Waals surface area contributed by atoms with E-state index in [0.717, 1.165) is 35.3 Å². The van der Waals surface area contributed by atoms with Crippen LogP contribution in [0, 0.1) is 4.77 Å². The van der Waals surface area contributed by atoms with Crippen molar-refractivity contribution < 1.29 is 0 Å². The number of aryl methyl sites for hydroxylation is 2. The molecule has 18 heavy (non-hydrogen) atoms. The number of imidazole rings is 1. The highest BCUT2D eigenvalue weighted by Gasteiger charge is 2.03. The quantitative estimate of drug-likeness (QED) is 0.732. The Morgan fingerprint density at radius 1 is 1.22 bits per heavy atom. The lowest BCUT2D eigenvalue weighted by atomic mass is 10.3. The SMILES string of the molecule is S=c1[nH]c2ccccc2n1CCCn1ccnn1. The molecule has 0 aliphatic carbocycles. The van der Waals surface area contributed by atoms with Gasteiger partial charge in [-0.2, -0.15) is 0 Å². The van der Waals surface area contributed by atoms with Gasteiger partial charge < -0.3 is 9.55 Å². The van der Waals surface area contributed by atoms with Crippen LogP contribution in [0.1, 0.15) is 6.42 Å². The summed E-state index contributed by atoms with van der Waals surface area (Å²) in [6, 6.07) is 8.16. The fraction of sp³-hybridized carbons (Fsp3) is 0.250. The van der Waals surface area contributed by atoms with Crippen LogP contribution >= 0.6 is 12.2 Å². The molecule has 6 heteroatoms. The molecule has 0 fully saturated rings. The van der Waals surface area contributed by atoms with Crippen molar-refractivity contribution in [2.45, 2.75) is 19.5 Å². The number of aromatic amines is 1. The van der Waals surface area contributed by atoms with Crippen LogP contribution in [0.4, 0.5) is 0 Å². The van der Waals surface area contributed by atoms with Crippen molar-refractivity contribution in [1.29, 1.82) is 0 Å². The van der Waals surface area contributed by atoms with Gasteiger partial charge >= 0.3 is 0 Å². The Hall–Kier alpha value is -1.95. The van der Waals surface area contributed by atoms with E-state index in [1.54, 1.807) is 6.20 Å². The van der Waals surface area contributed by atoms with Gasteiger partial charge in [-0.3, -0.25) is 4.68 Å². The summed E-state index contributed by atoms with van der Waals surface area (Å²) >= 11 is 5.34. The average molecular weight is 259 g/mol. The van der Waals surface area contributed by atoms with Gasteiger partial charge in [0.2, 0.25) is 0 Å². The highest BCUT2D eigenvalue weighted by Crippen LogP contribution is 2.13. The topological polar surface area (TPSA) is 51.4 Å². The summed E-state index contributed by atoms with van der Waals surface area (Å²) in [4.78, 5) is 3.21. The van der Waals surface area contributed by atoms with Gasteiger partial charge in [-0.05, 0) is 30.8 Å². The summed E-state index contributed by atoms with van der Waals surface area (Å²) in [7, 11) is 0. The molecule has 0 amide bonds. The fourth-order valence-corrected chi connectivity index (χ4v) is 2.37. The first-order valence-corrected chi connectivity index (χ1v) is 6.27. The zero-order chi connectivity index (χ0) is 12.4. The van der Waals surface area contributed by atoms with E-state index >= 15 is 0 Å². The van der Waals surface area contributed by atoms with Crippen molar-refractivity contribution in [1.82, 2.24) is 24.5 Å². The Morgan fingerprint density at radius 2 is 2.11 bits per heavy atom. The van der Waals surface area contributed by atoms with Crippen LogP contribution in [-0.2, 0) is 13.1 Å². The summed E-state index contributed by atoms with van der Waals surface area (Å²) in [5.41, 5.74) is 2.24. The molecule has 5 nitrogen and oxygen atoms in total. The minimum Gasteiger partial charge on any atom is -0.331 e. The van der Waals surface area contributed by atoms with Crippen LogP contribution < -0.4 is 0 Å². The second kappa shape index (κ2) is 4.73. The van der Waals surface area contributed by atoms with Crippen molar-refractivity contribution in [3.63, 3.8) is 0 Å². The first-order valence-electron chi connectivity index (χ1n) is 5.86. The largest absolute Gasteiger partial charge is 0.331 e. The average Bonchev–Trinajstić information content (AvgIpc) is 2.98. The van der Waals surface area contributed by atoms with Gasteiger partial charge in [-0.25, -0.2) is 0 Å². The molecule has 0 aliphatic rings. The molecular formula is C12H13N5S. The molecule has 3 rings (SSSR count).